The van der Waals surface area contributed by atoms with Crippen LogP contribution in [-0.2, 0) is 20.5 Å². The van der Waals surface area contributed by atoms with Crippen molar-refractivity contribution in [2.45, 2.75) is 71.3 Å². The van der Waals surface area contributed by atoms with Crippen molar-refractivity contribution in [1.82, 2.24) is 4.57 Å². The van der Waals surface area contributed by atoms with Crippen LogP contribution in [0.3, 0.4) is 0 Å². The summed E-state index contributed by atoms with van der Waals surface area (Å²) in [6, 6.07) is 6.25. The van der Waals surface area contributed by atoms with Crippen LogP contribution in [0.2, 0.25) is 18.1 Å². The average molecular weight is 454 g/mol. The van der Waals surface area contributed by atoms with Gasteiger partial charge >= 0.3 is 0 Å². The summed E-state index contributed by atoms with van der Waals surface area (Å²) in [5.41, 5.74) is 2.20. The first-order valence-corrected chi connectivity index (χ1v) is 13.3. The van der Waals surface area contributed by atoms with Crippen molar-refractivity contribution in [1.29, 1.82) is 0 Å². The van der Waals surface area contributed by atoms with E-state index in [-0.39, 0.29) is 11.1 Å². The Labute approximate surface area is 172 Å². The van der Waals surface area contributed by atoms with Gasteiger partial charge in [-0.1, -0.05) is 36.7 Å². The lowest BCUT2D eigenvalue weighted by Crippen LogP contribution is -2.40. The third-order valence-electron chi connectivity index (χ3n) is 5.63. The van der Waals surface area contributed by atoms with Crippen molar-refractivity contribution in [2.24, 2.45) is 0 Å². The number of hydrogen-bond donors (Lipinski definition) is 0. The minimum atomic E-state index is -1.67. The van der Waals surface area contributed by atoms with Crippen molar-refractivity contribution < 1.29 is 14.0 Å². The second-order valence-electron chi connectivity index (χ2n) is 8.63. The molecule has 0 saturated carbocycles. The van der Waals surface area contributed by atoms with Crippen molar-refractivity contribution in [3.05, 3.63) is 34.4 Å². The predicted molar refractivity (Wildman–Crippen MR) is 118 cm³/mol. The summed E-state index contributed by atoms with van der Waals surface area (Å²) in [4.78, 5) is 10.7. The van der Waals surface area contributed by atoms with Gasteiger partial charge in [-0.25, -0.2) is 0 Å². The lowest BCUT2D eigenvalue weighted by Gasteiger charge is -2.36. The summed E-state index contributed by atoms with van der Waals surface area (Å²) in [6.07, 6.45) is 3.94. The summed E-state index contributed by atoms with van der Waals surface area (Å²) in [5.74, 6) is 0. The van der Waals surface area contributed by atoms with Gasteiger partial charge in [0.1, 0.15) is 6.10 Å². The lowest BCUT2D eigenvalue weighted by molar-refractivity contribution is -0.133. The molecule has 1 heterocycles. The third-order valence-corrected chi connectivity index (χ3v) is 10.7. The molecule has 150 valence electrons. The molecule has 0 bridgehead atoms. The molecule has 2 aromatic rings. The molecule has 0 aliphatic rings. The fraction of sp³-hybridized carbons (Fsp3) is 0.571. The third kappa shape index (κ3) is 5.45. The molecule has 27 heavy (non-hydrogen) atoms. The molecular formula is C21H32BrNO3Si. The zero-order valence-corrected chi connectivity index (χ0v) is 19.9. The second-order valence-corrected chi connectivity index (χ2v) is 14.4. The molecule has 6 heteroatoms. The Hall–Kier alpha value is -1.11. The number of aryl methyl sites for hydroxylation is 1. The number of unbranched alkanes of at least 4 members (excludes halogenated alkanes) is 1. The van der Waals surface area contributed by atoms with Crippen LogP contribution in [0.15, 0.2) is 28.9 Å². The molecule has 1 aromatic carbocycles. The smallest absolute Gasteiger partial charge is 0.293 e. The van der Waals surface area contributed by atoms with E-state index in [1.54, 1.807) is 0 Å². The first kappa shape index (κ1) is 22.2. The van der Waals surface area contributed by atoms with Crippen molar-refractivity contribution in [3.8, 4) is 0 Å². The zero-order chi connectivity index (χ0) is 20.2. The molecule has 1 atom stereocenters. The van der Waals surface area contributed by atoms with E-state index in [0.29, 0.717) is 6.47 Å². The van der Waals surface area contributed by atoms with E-state index in [9.17, 15) is 4.79 Å². The molecule has 0 radical (unpaired) electrons. The van der Waals surface area contributed by atoms with Crippen LogP contribution in [0.1, 0.15) is 52.2 Å². The van der Waals surface area contributed by atoms with Gasteiger partial charge in [-0.2, -0.15) is 0 Å². The van der Waals surface area contributed by atoms with E-state index >= 15 is 0 Å². The Morgan fingerprint density at radius 3 is 2.59 bits per heavy atom. The molecule has 0 saturated heterocycles. The van der Waals surface area contributed by atoms with Crippen molar-refractivity contribution in [2.75, 3.05) is 6.61 Å². The molecule has 0 spiro atoms. The molecular weight excluding hydrogens is 422 g/mol. The highest BCUT2D eigenvalue weighted by Gasteiger charge is 2.36. The number of ether oxygens (including phenoxy) is 1. The van der Waals surface area contributed by atoms with Gasteiger partial charge < -0.3 is 13.7 Å². The molecule has 1 unspecified atom stereocenters. The number of rotatable bonds is 9. The highest BCUT2D eigenvalue weighted by Crippen LogP contribution is 2.36. The summed E-state index contributed by atoms with van der Waals surface area (Å²) < 4.78 is 14.7. The Morgan fingerprint density at radius 1 is 1.26 bits per heavy atom. The van der Waals surface area contributed by atoms with Gasteiger partial charge in [0.05, 0.1) is 0 Å². The van der Waals surface area contributed by atoms with E-state index in [2.05, 4.69) is 78.8 Å². The highest BCUT2D eigenvalue weighted by molar-refractivity contribution is 9.10. The maximum Gasteiger partial charge on any atom is 0.293 e. The van der Waals surface area contributed by atoms with Gasteiger partial charge in [0.25, 0.3) is 6.47 Å². The SMILES string of the molecule is CC(OC=O)c1cn(CCCCO[Si](C)(C)C(C)(C)C)c2ccc(Br)cc12. The first-order chi connectivity index (χ1) is 12.6. The normalized spacial score (nSPS) is 13.7. The Balaban J connectivity index is 2.04. The number of nitrogens with zero attached hydrogens (tertiary/aromatic N) is 1. The summed E-state index contributed by atoms with van der Waals surface area (Å²) in [5, 5.41) is 1.37. The number of aromatic nitrogens is 1. The molecule has 0 amide bonds. The van der Waals surface area contributed by atoms with Crippen molar-refractivity contribution in [3.63, 3.8) is 0 Å². The maximum atomic E-state index is 10.7. The van der Waals surface area contributed by atoms with Gasteiger partial charge in [0, 0.05) is 40.3 Å². The summed E-state index contributed by atoms with van der Waals surface area (Å²) in [7, 11) is -1.67. The van der Waals surface area contributed by atoms with Gasteiger partial charge in [-0.05, 0) is 56.1 Å². The average Bonchev–Trinajstić information content (AvgIpc) is 2.91. The molecule has 2 rings (SSSR count). The molecule has 4 nitrogen and oxygen atoms in total. The number of carbonyl (C=O) groups is 1. The van der Waals surface area contributed by atoms with Crippen LogP contribution in [0.5, 0.6) is 0 Å². The Bertz CT molecular complexity index is 780. The fourth-order valence-corrected chi connectivity index (χ4v) is 4.34. The number of benzene rings is 1. The van der Waals surface area contributed by atoms with E-state index in [4.69, 9.17) is 9.16 Å². The number of halogens is 1. The van der Waals surface area contributed by atoms with Crippen LogP contribution in [0, 0.1) is 0 Å². The van der Waals surface area contributed by atoms with E-state index in [1.165, 1.54) is 5.52 Å². The van der Waals surface area contributed by atoms with E-state index in [0.717, 1.165) is 41.4 Å². The van der Waals surface area contributed by atoms with Gasteiger partial charge in [0.2, 0.25) is 0 Å². The van der Waals surface area contributed by atoms with Crippen LogP contribution < -0.4 is 0 Å². The van der Waals surface area contributed by atoms with Crippen LogP contribution in [0.25, 0.3) is 10.9 Å². The van der Waals surface area contributed by atoms with Gasteiger partial charge in [-0.3, -0.25) is 4.79 Å². The standard InChI is InChI=1S/C21H32BrNO3Si/c1-16(25-15-24)19-14-23(20-10-9-17(22)13-18(19)20)11-7-8-12-26-27(5,6)21(2,3)4/h9-10,13-16H,7-8,11-12H2,1-6H3. The molecule has 0 fully saturated rings. The van der Waals surface area contributed by atoms with E-state index in [1.807, 2.05) is 6.92 Å². The molecule has 0 N–H and O–H groups in total. The fourth-order valence-electron chi connectivity index (χ4n) is 2.89. The lowest BCUT2D eigenvalue weighted by atomic mass is 10.1. The quantitative estimate of drug-likeness (QED) is 0.249. The second kappa shape index (κ2) is 8.93. The topological polar surface area (TPSA) is 40.5 Å². The highest BCUT2D eigenvalue weighted by atomic mass is 79.9. The summed E-state index contributed by atoms with van der Waals surface area (Å²) >= 11 is 3.54. The minimum absolute atomic E-state index is 0.251. The molecule has 0 aliphatic heterocycles. The van der Waals surface area contributed by atoms with E-state index < -0.39 is 8.32 Å². The van der Waals surface area contributed by atoms with Crippen LogP contribution in [-0.4, -0.2) is 26.0 Å². The number of fused-ring (bicyclic) bond motifs is 1. The minimum Gasteiger partial charge on any atom is -0.460 e. The number of carbonyl (C=O) groups excluding carboxylic acids is 1. The van der Waals surface area contributed by atoms with Crippen LogP contribution in [0.4, 0.5) is 0 Å². The number of hydrogen-bond acceptors (Lipinski definition) is 3. The predicted octanol–water partition coefficient (Wildman–Crippen LogP) is 6.44. The molecule has 1 aromatic heterocycles. The largest absolute Gasteiger partial charge is 0.460 e. The summed E-state index contributed by atoms with van der Waals surface area (Å²) in [6.45, 7) is 15.6. The maximum absolute atomic E-state index is 10.7. The van der Waals surface area contributed by atoms with Crippen LogP contribution >= 0.6 is 15.9 Å². The van der Waals surface area contributed by atoms with Crippen molar-refractivity contribution >= 4 is 41.6 Å². The monoisotopic (exact) mass is 453 g/mol. The Kier molecular flexibility index (Phi) is 7.33. The van der Waals surface area contributed by atoms with Gasteiger partial charge in [-0.15, -0.1) is 0 Å². The zero-order valence-electron chi connectivity index (χ0n) is 17.3. The van der Waals surface area contributed by atoms with Gasteiger partial charge in [0.15, 0.2) is 8.32 Å². The first-order valence-electron chi connectivity index (χ1n) is 9.58. The Morgan fingerprint density at radius 2 is 1.96 bits per heavy atom. The molecule has 0 aliphatic carbocycles.